The average molecular weight is 264 g/mol. The number of fused-ring (bicyclic) bond motifs is 1. The van der Waals surface area contributed by atoms with Gasteiger partial charge in [0.1, 0.15) is 0 Å². The van der Waals surface area contributed by atoms with Crippen LogP contribution < -0.4 is 0 Å². The fourth-order valence-corrected chi connectivity index (χ4v) is 2.57. The summed E-state index contributed by atoms with van der Waals surface area (Å²) in [6, 6.07) is 12.4. The van der Waals surface area contributed by atoms with Crippen LogP contribution in [0.5, 0.6) is 0 Å². The van der Waals surface area contributed by atoms with Crippen LogP contribution in [0.2, 0.25) is 0 Å². The highest BCUT2D eigenvalue weighted by Crippen LogP contribution is 2.13. The van der Waals surface area contributed by atoms with Crippen molar-refractivity contribution >= 4 is 17.0 Å². The number of para-hydroxylation sites is 1. The van der Waals surface area contributed by atoms with E-state index >= 15 is 0 Å². The molecule has 0 N–H and O–H groups in total. The lowest BCUT2D eigenvalue weighted by atomic mass is 10.1. The second kappa shape index (κ2) is 6.38. The Bertz CT molecular complexity index is 622. The molecule has 0 amide bonds. The number of hydrogen-bond acceptors (Lipinski definition) is 2. The molecular weight excluding hydrogens is 244 g/mol. The summed E-state index contributed by atoms with van der Waals surface area (Å²) in [7, 11) is 0. The molecule has 2 heteroatoms. The van der Waals surface area contributed by atoms with Crippen LogP contribution in [0.15, 0.2) is 54.8 Å². The molecule has 1 aromatic carbocycles. The number of likely N-dealkylation sites (tertiary alicyclic amines) is 1. The minimum absolute atomic E-state index is 1.01. The van der Waals surface area contributed by atoms with E-state index in [2.05, 4.69) is 58.6 Å². The van der Waals surface area contributed by atoms with E-state index in [0.29, 0.717) is 0 Å². The van der Waals surface area contributed by atoms with Crippen LogP contribution in [-0.4, -0.2) is 23.0 Å². The second-order valence-corrected chi connectivity index (χ2v) is 5.23. The van der Waals surface area contributed by atoms with Crippen molar-refractivity contribution in [3.05, 3.63) is 60.4 Å². The van der Waals surface area contributed by atoms with E-state index in [-0.39, 0.29) is 0 Å². The summed E-state index contributed by atoms with van der Waals surface area (Å²) >= 11 is 0. The first-order valence-electron chi connectivity index (χ1n) is 7.36. The van der Waals surface area contributed by atoms with Crippen LogP contribution in [0.3, 0.4) is 0 Å². The van der Waals surface area contributed by atoms with Gasteiger partial charge in [-0.05, 0) is 49.7 Å². The molecule has 3 rings (SSSR count). The number of hydrogen-bond donors (Lipinski definition) is 0. The SMILES string of the molecule is C(/C=C/N1CCCCC1)=C\c1ccc2ccccc2n1. The summed E-state index contributed by atoms with van der Waals surface area (Å²) in [5.41, 5.74) is 2.06. The highest BCUT2D eigenvalue weighted by molar-refractivity contribution is 5.79. The maximum atomic E-state index is 4.63. The summed E-state index contributed by atoms with van der Waals surface area (Å²) in [5, 5.41) is 1.19. The number of aromatic nitrogens is 1. The Hall–Kier alpha value is -2.09. The summed E-state index contributed by atoms with van der Waals surface area (Å²) in [5.74, 6) is 0. The molecule has 1 aliphatic rings. The molecule has 0 atom stereocenters. The van der Waals surface area contributed by atoms with E-state index in [1.165, 1.54) is 37.7 Å². The molecule has 1 fully saturated rings. The van der Waals surface area contributed by atoms with E-state index in [4.69, 9.17) is 0 Å². The zero-order valence-corrected chi connectivity index (χ0v) is 11.7. The molecule has 0 saturated carbocycles. The molecule has 2 nitrogen and oxygen atoms in total. The summed E-state index contributed by atoms with van der Waals surface area (Å²) in [4.78, 5) is 7.02. The molecule has 2 heterocycles. The van der Waals surface area contributed by atoms with E-state index in [9.17, 15) is 0 Å². The van der Waals surface area contributed by atoms with Crippen molar-refractivity contribution in [2.24, 2.45) is 0 Å². The Labute approximate surface area is 120 Å². The highest BCUT2D eigenvalue weighted by atomic mass is 15.1. The third-order valence-electron chi connectivity index (χ3n) is 3.69. The molecule has 2 aromatic rings. The zero-order valence-electron chi connectivity index (χ0n) is 11.7. The van der Waals surface area contributed by atoms with Crippen molar-refractivity contribution < 1.29 is 0 Å². The van der Waals surface area contributed by atoms with Gasteiger partial charge in [-0.3, -0.25) is 0 Å². The number of pyridine rings is 1. The van der Waals surface area contributed by atoms with Crippen molar-refractivity contribution in [1.82, 2.24) is 9.88 Å². The quantitative estimate of drug-likeness (QED) is 0.770. The number of benzene rings is 1. The average Bonchev–Trinajstić information content (AvgIpc) is 2.52. The van der Waals surface area contributed by atoms with Crippen LogP contribution in [0.4, 0.5) is 0 Å². The highest BCUT2D eigenvalue weighted by Gasteiger charge is 2.04. The minimum Gasteiger partial charge on any atom is -0.377 e. The van der Waals surface area contributed by atoms with Crippen LogP contribution in [-0.2, 0) is 0 Å². The first-order valence-corrected chi connectivity index (χ1v) is 7.36. The van der Waals surface area contributed by atoms with Gasteiger partial charge in [-0.1, -0.05) is 30.3 Å². The van der Waals surface area contributed by atoms with Gasteiger partial charge in [0.15, 0.2) is 0 Å². The van der Waals surface area contributed by atoms with Crippen molar-refractivity contribution in [2.75, 3.05) is 13.1 Å². The normalized spacial score (nSPS) is 16.5. The Morgan fingerprint density at radius 1 is 0.900 bits per heavy atom. The van der Waals surface area contributed by atoms with E-state index in [0.717, 1.165) is 11.2 Å². The molecule has 0 bridgehead atoms. The molecule has 0 unspecified atom stereocenters. The predicted molar refractivity (Wildman–Crippen MR) is 85.3 cm³/mol. The number of piperidine rings is 1. The molecule has 1 saturated heterocycles. The molecule has 0 spiro atoms. The smallest absolute Gasteiger partial charge is 0.0709 e. The lowest BCUT2D eigenvalue weighted by Gasteiger charge is -2.24. The topological polar surface area (TPSA) is 16.1 Å². The van der Waals surface area contributed by atoms with Gasteiger partial charge in [-0.25, -0.2) is 4.98 Å². The summed E-state index contributed by atoms with van der Waals surface area (Å²) in [6.45, 7) is 2.39. The van der Waals surface area contributed by atoms with Crippen molar-refractivity contribution in [3.63, 3.8) is 0 Å². The minimum atomic E-state index is 1.01. The molecular formula is C18H20N2. The second-order valence-electron chi connectivity index (χ2n) is 5.23. The molecule has 20 heavy (non-hydrogen) atoms. The maximum Gasteiger partial charge on any atom is 0.0709 e. The fourth-order valence-electron chi connectivity index (χ4n) is 2.57. The van der Waals surface area contributed by atoms with Gasteiger partial charge in [-0.2, -0.15) is 0 Å². The van der Waals surface area contributed by atoms with Crippen molar-refractivity contribution in [2.45, 2.75) is 19.3 Å². The van der Waals surface area contributed by atoms with E-state index in [1.54, 1.807) is 0 Å². The number of nitrogens with zero attached hydrogens (tertiary/aromatic N) is 2. The van der Waals surface area contributed by atoms with Crippen LogP contribution >= 0.6 is 0 Å². The predicted octanol–water partition coefficient (Wildman–Crippen LogP) is 4.25. The Morgan fingerprint density at radius 2 is 1.75 bits per heavy atom. The Morgan fingerprint density at radius 3 is 2.65 bits per heavy atom. The number of rotatable bonds is 3. The summed E-state index contributed by atoms with van der Waals surface area (Å²) < 4.78 is 0. The van der Waals surface area contributed by atoms with Crippen molar-refractivity contribution in [3.8, 4) is 0 Å². The molecule has 102 valence electrons. The van der Waals surface area contributed by atoms with Crippen LogP contribution in [0.1, 0.15) is 25.0 Å². The molecule has 0 aliphatic carbocycles. The van der Waals surface area contributed by atoms with Crippen LogP contribution in [0, 0.1) is 0 Å². The molecule has 1 aliphatic heterocycles. The third kappa shape index (κ3) is 3.27. The third-order valence-corrected chi connectivity index (χ3v) is 3.69. The van der Waals surface area contributed by atoms with Gasteiger partial charge in [-0.15, -0.1) is 0 Å². The summed E-state index contributed by atoms with van der Waals surface area (Å²) in [6.07, 6.45) is 12.5. The van der Waals surface area contributed by atoms with E-state index < -0.39 is 0 Å². The van der Waals surface area contributed by atoms with Gasteiger partial charge in [0.05, 0.1) is 11.2 Å². The lowest BCUT2D eigenvalue weighted by Crippen LogP contribution is -2.23. The maximum absolute atomic E-state index is 4.63. The first-order chi connectivity index (χ1) is 9.92. The van der Waals surface area contributed by atoms with Gasteiger partial charge in [0, 0.05) is 18.5 Å². The molecule has 0 radical (unpaired) electrons. The van der Waals surface area contributed by atoms with Gasteiger partial charge in [0.25, 0.3) is 0 Å². The molecule has 1 aromatic heterocycles. The van der Waals surface area contributed by atoms with Crippen LogP contribution in [0.25, 0.3) is 17.0 Å². The van der Waals surface area contributed by atoms with E-state index in [1.807, 2.05) is 12.1 Å². The zero-order chi connectivity index (χ0) is 13.6. The fraction of sp³-hybridized carbons (Fsp3) is 0.278. The Kier molecular flexibility index (Phi) is 4.12. The standard InChI is InChI=1S/C18H20N2/c1-5-13-20(14-6-1)15-7-4-9-17-12-11-16-8-2-3-10-18(16)19-17/h2-4,7-12,15H,1,5-6,13-14H2/b9-4+,15-7+. The largest absolute Gasteiger partial charge is 0.377 e. The number of allylic oxidation sites excluding steroid dienone is 2. The first kappa shape index (κ1) is 12.9. The van der Waals surface area contributed by atoms with Gasteiger partial charge in [0.2, 0.25) is 0 Å². The Balaban J connectivity index is 1.66. The van der Waals surface area contributed by atoms with Gasteiger partial charge < -0.3 is 4.90 Å². The van der Waals surface area contributed by atoms with Gasteiger partial charge >= 0.3 is 0 Å². The lowest BCUT2D eigenvalue weighted by molar-refractivity contribution is 0.309. The monoisotopic (exact) mass is 264 g/mol. The van der Waals surface area contributed by atoms with Crippen molar-refractivity contribution in [1.29, 1.82) is 0 Å².